The number of thiophene rings is 1. The molecule has 0 aliphatic carbocycles. The van der Waals surface area contributed by atoms with Crippen molar-refractivity contribution < 1.29 is 19.3 Å². The molecule has 2 aliphatic rings. The molecule has 1 aromatic heterocycles. The van der Waals surface area contributed by atoms with Crippen molar-refractivity contribution in [1.82, 2.24) is 5.32 Å². The van der Waals surface area contributed by atoms with E-state index in [2.05, 4.69) is 41.9 Å². The number of fused-ring (bicyclic) bond motifs is 1. The lowest BCUT2D eigenvalue weighted by molar-refractivity contribution is -1.02. The van der Waals surface area contributed by atoms with Crippen molar-refractivity contribution in [1.29, 1.82) is 0 Å². The first kappa shape index (κ1) is 18.5. The highest BCUT2D eigenvalue weighted by Gasteiger charge is 2.26. The molecule has 0 radical (unpaired) electrons. The second-order valence-corrected chi connectivity index (χ2v) is 8.68. The second-order valence-electron chi connectivity index (χ2n) is 7.70. The van der Waals surface area contributed by atoms with Gasteiger partial charge in [0.2, 0.25) is 0 Å². The summed E-state index contributed by atoms with van der Waals surface area (Å²) < 4.78 is 5.60. The molecule has 2 aromatic rings. The van der Waals surface area contributed by atoms with Crippen LogP contribution < -0.4 is 19.9 Å². The normalized spacial score (nSPS) is 22.7. The maximum atomic E-state index is 12.4. The van der Waals surface area contributed by atoms with E-state index in [4.69, 9.17) is 4.74 Å². The molecule has 3 heterocycles. The van der Waals surface area contributed by atoms with Gasteiger partial charge in [0.15, 0.2) is 6.54 Å². The molecule has 5 nitrogen and oxygen atoms in total. The summed E-state index contributed by atoms with van der Waals surface area (Å²) in [4.78, 5) is 16.6. The van der Waals surface area contributed by atoms with Crippen molar-refractivity contribution in [2.45, 2.75) is 25.9 Å². The molecule has 144 valence electrons. The van der Waals surface area contributed by atoms with Crippen LogP contribution in [0.5, 0.6) is 5.75 Å². The molecule has 2 aliphatic heterocycles. The highest BCUT2D eigenvalue weighted by Crippen LogP contribution is 2.25. The first-order chi connectivity index (χ1) is 13.2. The Morgan fingerprint density at radius 2 is 2.04 bits per heavy atom. The summed E-state index contributed by atoms with van der Waals surface area (Å²) in [6.45, 7) is 8.90. The van der Waals surface area contributed by atoms with Crippen LogP contribution in [0.15, 0.2) is 35.7 Å². The number of ether oxygens (including phenoxy) is 1. The van der Waals surface area contributed by atoms with Gasteiger partial charge in [-0.2, -0.15) is 0 Å². The molecule has 1 fully saturated rings. The Kier molecular flexibility index (Phi) is 5.76. The monoisotopic (exact) mass is 387 g/mol. The number of carbonyl (C=O) groups is 1. The molecule has 3 N–H and O–H groups in total. The minimum Gasteiger partial charge on any atom is -0.493 e. The van der Waals surface area contributed by atoms with E-state index in [-0.39, 0.29) is 11.9 Å². The van der Waals surface area contributed by atoms with Crippen LogP contribution in [-0.2, 0) is 17.8 Å². The Hall–Kier alpha value is -1.89. The second kappa shape index (κ2) is 8.42. The van der Waals surface area contributed by atoms with Gasteiger partial charge in [-0.15, -0.1) is 11.3 Å². The van der Waals surface area contributed by atoms with E-state index in [0.717, 1.165) is 51.5 Å². The van der Waals surface area contributed by atoms with Crippen LogP contribution in [0.2, 0.25) is 0 Å². The molecule has 1 saturated heterocycles. The Balaban J connectivity index is 1.21. The van der Waals surface area contributed by atoms with E-state index in [1.54, 1.807) is 16.2 Å². The smallest absolute Gasteiger partial charge is 0.275 e. The summed E-state index contributed by atoms with van der Waals surface area (Å²) in [6, 6.07) is 10.9. The molecular weight excluding hydrogens is 358 g/mol. The highest BCUT2D eigenvalue weighted by molar-refractivity contribution is 7.10. The van der Waals surface area contributed by atoms with E-state index >= 15 is 0 Å². The molecule has 6 heteroatoms. The summed E-state index contributed by atoms with van der Waals surface area (Å²) in [5.41, 5.74) is 2.76. The fourth-order valence-corrected chi connectivity index (χ4v) is 4.81. The largest absolute Gasteiger partial charge is 0.493 e. The minimum absolute atomic E-state index is 0.104. The molecule has 1 aromatic carbocycles. The van der Waals surface area contributed by atoms with Gasteiger partial charge >= 0.3 is 0 Å². The fraction of sp³-hybridized carbons (Fsp3) is 0.476. The van der Waals surface area contributed by atoms with Crippen molar-refractivity contribution >= 4 is 17.2 Å². The number of hydrogen-bond donors (Lipinski definition) is 3. The third kappa shape index (κ3) is 4.69. The zero-order chi connectivity index (χ0) is 18.6. The third-order valence-corrected chi connectivity index (χ3v) is 6.69. The van der Waals surface area contributed by atoms with E-state index < -0.39 is 0 Å². The van der Waals surface area contributed by atoms with Crippen LogP contribution in [0.4, 0.5) is 0 Å². The predicted molar refractivity (Wildman–Crippen MR) is 106 cm³/mol. The summed E-state index contributed by atoms with van der Waals surface area (Å²) in [7, 11) is 0. The van der Waals surface area contributed by atoms with E-state index in [1.807, 2.05) is 6.07 Å². The maximum absolute atomic E-state index is 12.4. The average Bonchev–Trinajstić information content (AvgIpc) is 3.34. The Labute approximate surface area is 164 Å². The topological polar surface area (TPSA) is 47.2 Å². The van der Waals surface area contributed by atoms with Crippen LogP contribution in [0.25, 0.3) is 0 Å². The van der Waals surface area contributed by atoms with Crippen molar-refractivity contribution in [3.8, 4) is 5.75 Å². The summed E-state index contributed by atoms with van der Waals surface area (Å²) in [5.74, 6) is 1.22. The Bertz CT molecular complexity index is 770. The van der Waals surface area contributed by atoms with Gasteiger partial charge in [0.05, 0.1) is 12.6 Å². The lowest BCUT2D eigenvalue weighted by Gasteiger charge is -2.29. The van der Waals surface area contributed by atoms with Crippen LogP contribution >= 0.6 is 11.3 Å². The molecule has 0 bridgehead atoms. The van der Waals surface area contributed by atoms with Crippen LogP contribution in [-0.4, -0.2) is 45.2 Å². The van der Waals surface area contributed by atoms with Crippen LogP contribution in [0, 0.1) is 0 Å². The third-order valence-electron chi connectivity index (χ3n) is 5.63. The van der Waals surface area contributed by atoms with Gasteiger partial charge in [-0.05, 0) is 42.1 Å². The molecule has 0 saturated carbocycles. The molecule has 1 atom stereocenters. The van der Waals surface area contributed by atoms with E-state index in [1.165, 1.54) is 20.9 Å². The van der Waals surface area contributed by atoms with Gasteiger partial charge in [0, 0.05) is 16.9 Å². The van der Waals surface area contributed by atoms with Gasteiger partial charge in [-0.3, -0.25) is 4.79 Å². The summed E-state index contributed by atoms with van der Waals surface area (Å²) >= 11 is 1.69. The van der Waals surface area contributed by atoms with Crippen molar-refractivity contribution in [3.05, 3.63) is 51.7 Å². The average molecular weight is 388 g/mol. The zero-order valence-electron chi connectivity index (χ0n) is 15.9. The van der Waals surface area contributed by atoms with Gasteiger partial charge < -0.3 is 19.9 Å². The zero-order valence-corrected chi connectivity index (χ0v) is 16.7. The Morgan fingerprint density at radius 3 is 2.81 bits per heavy atom. The number of hydrogen-bond acceptors (Lipinski definition) is 3. The summed E-state index contributed by atoms with van der Waals surface area (Å²) in [6.07, 6.45) is 1.04. The number of quaternary nitrogens is 2. The first-order valence-corrected chi connectivity index (χ1v) is 10.8. The minimum atomic E-state index is 0.104. The Morgan fingerprint density at radius 1 is 1.22 bits per heavy atom. The van der Waals surface area contributed by atoms with Gasteiger partial charge in [-0.1, -0.05) is 6.07 Å². The van der Waals surface area contributed by atoms with E-state index in [0.29, 0.717) is 6.54 Å². The highest BCUT2D eigenvalue weighted by atomic mass is 32.1. The standard InChI is InChI=1S/C21H27N3O2S/c1-16(20-3-2-12-27-20)22-21(25)15-24-9-7-23(8-10-24)14-17-4-5-19-18(13-17)6-11-26-19/h2-5,12-13,16H,6-11,14-15H2,1H3,(H,22,25)/p+2/t16-/m0/s1. The number of rotatable bonds is 6. The maximum Gasteiger partial charge on any atom is 0.275 e. The number of carbonyl (C=O) groups excluding carboxylic acids is 1. The van der Waals surface area contributed by atoms with Crippen molar-refractivity contribution in [2.75, 3.05) is 39.3 Å². The van der Waals surface area contributed by atoms with E-state index in [9.17, 15) is 4.79 Å². The quantitative estimate of drug-likeness (QED) is 0.645. The molecular formula is C21H29N3O2S+2. The first-order valence-electron chi connectivity index (χ1n) is 9.92. The molecule has 1 amide bonds. The number of amides is 1. The van der Waals surface area contributed by atoms with Crippen LogP contribution in [0.3, 0.4) is 0 Å². The van der Waals surface area contributed by atoms with Crippen molar-refractivity contribution in [2.24, 2.45) is 0 Å². The number of benzene rings is 1. The number of piperazine rings is 1. The predicted octanol–water partition coefficient (Wildman–Crippen LogP) is -0.156. The van der Waals surface area contributed by atoms with Gasteiger partial charge in [0.1, 0.15) is 38.5 Å². The van der Waals surface area contributed by atoms with Crippen molar-refractivity contribution in [3.63, 3.8) is 0 Å². The lowest BCUT2D eigenvalue weighted by Crippen LogP contribution is -3.28. The summed E-state index contributed by atoms with van der Waals surface area (Å²) in [5, 5.41) is 5.19. The molecule has 4 rings (SSSR count). The molecule has 27 heavy (non-hydrogen) atoms. The lowest BCUT2D eigenvalue weighted by atomic mass is 10.1. The van der Waals surface area contributed by atoms with Crippen LogP contribution in [0.1, 0.15) is 29.0 Å². The SMILES string of the molecule is C[C@H](NC(=O)C[NH+]1CC[NH+](Cc2ccc3c(c2)CCO3)CC1)c1cccs1. The van der Waals surface area contributed by atoms with Gasteiger partial charge in [-0.25, -0.2) is 0 Å². The molecule has 0 unspecified atom stereocenters. The molecule has 0 spiro atoms. The number of nitrogens with one attached hydrogen (secondary N) is 3. The fourth-order valence-electron chi connectivity index (χ4n) is 4.08. The van der Waals surface area contributed by atoms with Gasteiger partial charge in [0.25, 0.3) is 5.91 Å².